The molecule has 0 aromatic rings. The molecule has 1 aliphatic heterocycles. The highest BCUT2D eigenvalue weighted by atomic mass is 32.2. The Kier molecular flexibility index (Phi) is 5.62. The fourth-order valence-electron chi connectivity index (χ4n) is 3.07. The van der Waals surface area contributed by atoms with Gasteiger partial charge >= 0.3 is 0 Å². The zero-order valence-electron chi connectivity index (χ0n) is 11.7. The Labute approximate surface area is 116 Å². The Morgan fingerprint density at radius 3 is 2.58 bits per heavy atom. The van der Waals surface area contributed by atoms with Crippen molar-refractivity contribution in [1.82, 2.24) is 10.0 Å². The number of ether oxygens (including phenoxy) is 1. The van der Waals surface area contributed by atoms with E-state index in [0.29, 0.717) is 5.92 Å². The normalized spacial score (nSPS) is 29.7. The van der Waals surface area contributed by atoms with Crippen LogP contribution in [0.15, 0.2) is 0 Å². The first-order valence-electron chi connectivity index (χ1n) is 7.32. The van der Waals surface area contributed by atoms with Gasteiger partial charge in [0.25, 0.3) is 0 Å². The summed E-state index contributed by atoms with van der Waals surface area (Å²) < 4.78 is 32.2. The molecule has 2 N–H and O–H groups in total. The Hall–Kier alpha value is -0.170. The lowest BCUT2D eigenvalue weighted by Gasteiger charge is -2.22. The standard InChI is InChI=1S/C13H26N2O3S/c1-18-13-3-2-12(10-13)15-19(16,17)9-6-11-4-7-14-8-5-11/h11-15H,2-10H2,1H3. The van der Waals surface area contributed by atoms with Crippen LogP contribution in [0.2, 0.25) is 0 Å². The molecule has 2 atom stereocenters. The number of hydrogen-bond acceptors (Lipinski definition) is 4. The Balaban J connectivity index is 1.72. The summed E-state index contributed by atoms with van der Waals surface area (Å²) in [5.41, 5.74) is 0. The zero-order valence-corrected chi connectivity index (χ0v) is 12.5. The second-order valence-electron chi connectivity index (χ2n) is 5.79. The van der Waals surface area contributed by atoms with E-state index in [-0.39, 0.29) is 17.9 Å². The summed E-state index contributed by atoms with van der Waals surface area (Å²) in [6.07, 6.45) is 5.87. The number of piperidine rings is 1. The molecule has 2 unspecified atom stereocenters. The minimum atomic E-state index is -3.12. The summed E-state index contributed by atoms with van der Waals surface area (Å²) in [6.45, 7) is 2.05. The van der Waals surface area contributed by atoms with Gasteiger partial charge in [0.15, 0.2) is 0 Å². The molecule has 112 valence electrons. The maximum atomic E-state index is 12.1. The molecule has 1 aliphatic carbocycles. The van der Waals surface area contributed by atoms with E-state index in [1.165, 1.54) is 0 Å². The van der Waals surface area contributed by atoms with E-state index in [0.717, 1.165) is 51.6 Å². The fraction of sp³-hybridized carbons (Fsp3) is 1.00. The van der Waals surface area contributed by atoms with Crippen LogP contribution >= 0.6 is 0 Å². The van der Waals surface area contributed by atoms with Gasteiger partial charge in [0, 0.05) is 13.2 Å². The molecule has 2 rings (SSSR count). The Morgan fingerprint density at radius 1 is 1.21 bits per heavy atom. The maximum Gasteiger partial charge on any atom is 0.211 e. The van der Waals surface area contributed by atoms with Gasteiger partial charge in [-0.2, -0.15) is 0 Å². The first-order valence-corrected chi connectivity index (χ1v) is 8.98. The van der Waals surface area contributed by atoms with Gasteiger partial charge in [0.1, 0.15) is 0 Å². The summed E-state index contributed by atoms with van der Waals surface area (Å²) in [6, 6.07) is 0.0722. The maximum absolute atomic E-state index is 12.1. The van der Waals surface area contributed by atoms with Gasteiger partial charge in [0.2, 0.25) is 10.0 Å². The first-order chi connectivity index (χ1) is 9.09. The van der Waals surface area contributed by atoms with E-state index in [2.05, 4.69) is 10.0 Å². The monoisotopic (exact) mass is 290 g/mol. The highest BCUT2D eigenvalue weighted by molar-refractivity contribution is 7.89. The van der Waals surface area contributed by atoms with Gasteiger partial charge in [0.05, 0.1) is 11.9 Å². The molecule has 2 fully saturated rings. The molecular weight excluding hydrogens is 264 g/mol. The minimum Gasteiger partial charge on any atom is -0.381 e. The van der Waals surface area contributed by atoms with E-state index in [4.69, 9.17) is 4.74 Å². The number of sulfonamides is 1. The van der Waals surface area contributed by atoms with Crippen LogP contribution in [0.4, 0.5) is 0 Å². The van der Waals surface area contributed by atoms with Crippen molar-refractivity contribution in [1.29, 1.82) is 0 Å². The molecule has 2 aliphatic rings. The molecule has 1 saturated carbocycles. The molecule has 0 aromatic heterocycles. The topological polar surface area (TPSA) is 67.4 Å². The Bertz CT molecular complexity index is 366. The summed E-state index contributed by atoms with van der Waals surface area (Å²) in [5, 5.41) is 3.30. The van der Waals surface area contributed by atoms with Crippen LogP contribution in [0.1, 0.15) is 38.5 Å². The fourth-order valence-corrected chi connectivity index (χ4v) is 4.55. The lowest BCUT2D eigenvalue weighted by molar-refractivity contribution is 0.107. The SMILES string of the molecule is COC1CCC(NS(=O)(=O)CCC2CCNCC2)C1. The highest BCUT2D eigenvalue weighted by Gasteiger charge is 2.28. The van der Waals surface area contributed by atoms with Crippen LogP contribution in [0.3, 0.4) is 0 Å². The molecule has 0 radical (unpaired) electrons. The van der Waals surface area contributed by atoms with Crippen molar-refractivity contribution in [3.05, 3.63) is 0 Å². The molecule has 0 aromatic carbocycles. The average molecular weight is 290 g/mol. The predicted molar refractivity (Wildman–Crippen MR) is 75.6 cm³/mol. The van der Waals surface area contributed by atoms with E-state index < -0.39 is 10.0 Å². The summed E-state index contributed by atoms with van der Waals surface area (Å²) in [4.78, 5) is 0. The summed E-state index contributed by atoms with van der Waals surface area (Å²) >= 11 is 0. The average Bonchev–Trinajstić information content (AvgIpc) is 2.85. The smallest absolute Gasteiger partial charge is 0.211 e. The van der Waals surface area contributed by atoms with Gasteiger partial charge < -0.3 is 10.1 Å². The largest absolute Gasteiger partial charge is 0.381 e. The molecule has 19 heavy (non-hydrogen) atoms. The van der Waals surface area contributed by atoms with E-state index >= 15 is 0 Å². The van der Waals surface area contributed by atoms with Crippen molar-refractivity contribution in [2.75, 3.05) is 26.0 Å². The van der Waals surface area contributed by atoms with Crippen LogP contribution < -0.4 is 10.0 Å². The van der Waals surface area contributed by atoms with E-state index in [1.54, 1.807) is 7.11 Å². The van der Waals surface area contributed by atoms with Crippen LogP contribution in [-0.4, -0.2) is 46.5 Å². The summed E-state index contributed by atoms with van der Waals surface area (Å²) in [5.74, 6) is 0.833. The van der Waals surface area contributed by atoms with E-state index in [1.807, 2.05) is 0 Å². The number of hydrogen-bond donors (Lipinski definition) is 2. The lowest BCUT2D eigenvalue weighted by atomic mass is 9.96. The van der Waals surface area contributed by atoms with Crippen LogP contribution in [0.5, 0.6) is 0 Å². The molecular formula is C13H26N2O3S. The van der Waals surface area contributed by atoms with E-state index in [9.17, 15) is 8.42 Å². The third-order valence-electron chi connectivity index (χ3n) is 4.32. The minimum absolute atomic E-state index is 0.0722. The highest BCUT2D eigenvalue weighted by Crippen LogP contribution is 2.22. The van der Waals surface area contributed by atoms with Crippen molar-refractivity contribution in [3.8, 4) is 0 Å². The summed E-state index contributed by atoms with van der Waals surface area (Å²) in [7, 11) is -1.43. The molecule has 1 heterocycles. The third-order valence-corrected chi connectivity index (χ3v) is 5.78. The molecule has 6 heteroatoms. The van der Waals surface area contributed by atoms with Crippen molar-refractivity contribution >= 4 is 10.0 Å². The predicted octanol–water partition coefficient (Wildman–Crippen LogP) is 0.863. The van der Waals surface area contributed by atoms with Gasteiger partial charge in [-0.3, -0.25) is 0 Å². The second kappa shape index (κ2) is 7.02. The van der Waals surface area contributed by atoms with Gasteiger partial charge in [-0.05, 0) is 57.5 Å². The number of methoxy groups -OCH3 is 1. The van der Waals surface area contributed by atoms with Gasteiger partial charge in [-0.1, -0.05) is 0 Å². The van der Waals surface area contributed by atoms with Crippen molar-refractivity contribution in [3.63, 3.8) is 0 Å². The molecule has 0 spiro atoms. The number of nitrogens with one attached hydrogen (secondary N) is 2. The number of rotatable bonds is 6. The third kappa shape index (κ3) is 5.02. The molecule has 0 bridgehead atoms. The quantitative estimate of drug-likeness (QED) is 0.761. The lowest BCUT2D eigenvalue weighted by Crippen LogP contribution is -2.36. The van der Waals surface area contributed by atoms with Gasteiger partial charge in [-0.15, -0.1) is 0 Å². The Morgan fingerprint density at radius 2 is 1.95 bits per heavy atom. The zero-order chi connectivity index (χ0) is 13.7. The van der Waals surface area contributed by atoms with Gasteiger partial charge in [-0.25, -0.2) is 13.1 Å². The molecule has 5 nitrogen and oxygen atoms in total. The first kappa shape index (κ1) is 15.2. The van der Waals surface area contributed by atoms with Crippen molar-refractivity contribution in [2.45, 2.75) is 50.7 Å². The molecule has 1 saturated heterocycles. The molecule has 0 amide bonds. The van der Waals surface area contributed by atoms with Crippen LogP contribution in [0, 0.1) is 5.92 Å². The van der Waals surface area contributed by atoms with Crippen molar-refractivity contribution in [2.24, 2.45) is 5.92 Å². The van der Waals surface area contributed by atoms with Crippen molar-refractivity contribution < 1.29 is 13.2 Å². The van der Waals surface area contributed by atoms with Crippen LogP contribution in [0.25, 0.3) is 0 Å². The second-order valence-corrected chi connectivity index (χ2v) is 7.66. The van der Waals surface area contributed by atoms with Crippen LogP contribution in [-0.2, 0) is 14.8 Å².